The first-order valence-corrected chi connectivity index (χ1v) is 6.07. The van der Waals surface area contributed by atoms with E-state index < -0.39 is 0 Å². The molecule has 1 rings (SSSR count). The molecule has 3 N–H and O–H groups in total. The normalized spacial score (nSPS) is 13.2. The lowest BCUT2D eigenvalue weighted by Gasteiger charge is -2.16. The zero-order chi connectivity index (χ0) is 12.7. The van der Waals surface area contributed by atoms with Gasteiger partial charge in [-0.2, -0.15) is 5.10 Å². The van der Waals surface area contributed by atoms with E-state index in [0.717, 1.165) is 18.8 Å². The molecule has 0 saturated carbocycles. The summed E-state index contributed by atoms with van der Waals surface area (Å²) in [5.74, 6) is 6.99. The average Bonchev–Trinajstić information content (AvgIpc) is 2.70. The van der Waals surface area contributed by atoms with Gasteiger partial charge in [-0.05, 0) is 12.8 Å². The number of nitrogens with two attached hydrogens (primary N) is 1. The maximum absolute atomic E-state index is 5.49. The third-order valence-corrected chi connectivity index (χ3v) is 2.42. The highest BCUT2D eigenvalue weighted by atomic mass is 16.5. The van der Waals surface area contributed by atoms with Crippen LogP contribution in [0, 0.1) is 5.92 Å². The van der Waals surface area contributed by atoms with Gasteiger partial charge in [0, 0.05) is 19.6 Å². The Balaban J connectivity index is 2.56. The monoisotopic (exact) mass is 241 g/mol. The minimum Gasteiger partial charge on any atom is -0.380 e. The fourth-order valence-corrected chi connectivity index (χ4v) is 1.59. The van der Waals surface area contributed by atoms with Crippen molar-refractivity contribution in [1.29, 1.82) is 0 Å². The van der Waals surface area contributed by atoms with Gasteiger partial charge in [0.2, 0.25) is 0 Å². The Morgan fingerprint density at radius 3 is 2.88 bits per heavy atom. The summed E-state index contributed by atoms with van der Waals surface area (Å²) in [6, 6.07) is 0.0741. The third-order valence-electron chi connectivity index (χ3n) is 2.42. The van der Waals surface area contributed by atoms with Gasteiger partial charge in [0.1, 0.15) is 12.2 Å². The molecular weight excluding hydrogens is 218 g/mol. The molecule has 0 fully saturated rings. The lowest BCUT2D eigenvalue weighted by atomic mass is 10.2. The minimum atomic E-state index is 0.0741. The molecule has 0 bridgehead atoms. The molecule has 0 aromatic carbocycles. The highest BCUT2D eigenvalue weighted by molar-refractivity contribution is 4.89. The first-order valence-electron chi connectivity index (χ1n) is 6.07. The second-order valence-corrected chi connectivity index (χ2v) is 4.48. The molecule has 1 atom stereocenters. The number of aromatic nitrogens is 3. The Morgan fingerprint density at radius 1 is 1.53 bits per heavy atom. The minimum absolute atomic E-state index is 0.0741. The Labute approximate surface area is 103 Å². The van der Waals surface area contributed by atoms with Crippen LogP contribution in [-0.4, -0.2) is 34.0 Å². The van der Waals surface area contributed by atoms with E-state index in [4.69, 9.17) is 10.6 Å². The molecule has 0 amide bonds. The quantitative estimate of drug-likeness (QED) is 0.507. The highest BCUT2D eigenvalue weighted by Gasteiger charge is 2.13. The maximum Gasteiger partial charge on any atom is 0.138 e. The fourth-order valence-electron chi connectivity index (χ4n) is 1.59. The molecule has 0 spiro atoms. The summed E-state index contributed by atoms with van der Waals surface area (Å²) in [5.41, 5.74) is 2.75. The third kappa shape index (κ3) is 4.80. The van der Waals surface area contributed by atoms with Gasteiger partial charge in [-0.3, -0.25) is 11.3 Å². The van der Waals surface area contributed by atoms with Crippen LogP contribution in [0.4, 0.5) is 0 Å². The predicted molar refractivity (Wildman–Crippen MR) is 66.2 cm³/mol. The van der Waals surface area contributed by atoms with Crippen LogP contribution in [0.25, 0.3) is 0 Å². The Kier molecular flexibility index (Phi) is 6.10. The molecule has 98 valence electrons. The number of hydrazine groups is 1. The summed E-state index contributed by atoms with van der Waals surface area (Å²) in [7, 11) is 0. The van der Waals surface area contributed by atoms with E-state index in [2.05, 4.69) is 29.4 Å². The molecule has 0 aliphatic carbocycles. The summed E-state index contributed by atoms with van der Waals surface area (Å²) < 4.78 is 7.29. The van der Waals surface area contributed by atoms with Crippen LogP contribution in [0.15, 0.2) is 6.33 Å². The number of hydrogen-bond acceptors (Lipinski definition) is 5. The summed E-state index contributed by atoms with van der Waals surface area (Å²) in [6.07, 6.45) is 2.31. The molecule has 6 heteroatoms. The second kappa shape index (κ2) is 7.37. The molecule has 1 unspecified atom stereocenters. The van der Waals surface area contributed by atoms with E-state index in [-0.39, 0.29) is 6.04 Å². The highest BCUT2D eigenvalue weighted by Crippen LogP contribution is 2.04. The van der Waals surface area contributed by atoms with Gasteiger partial charge in [-0.1, -0.05) is 13.8 Å². The van der Waals surface area contributed by atoms with Crippen LogP contribution in [0.2, 0.25) is 0 Å². The maximum atomic E-state index is 5.49. The molecule has 0 aliphatic rings. The second-order valence-electron chi connectivity index (χ2n) is 4.48. The topological polar surface area (TPSA) is 78.0 Å². The van der Waals surface area contributed by atoms with Crippen molar-refractivity contribution in [3.05, 3.63) is 12.2 Å². The Morgan fingerprint density at radius 2 is 2.29 bits per heavy atom. The van der Waals surface area contributed by atoms with Gasteiger partial charge in [0.25, 0.3) is 0 Å². The van der Waals surface area contributed by atoms with Crippen LogP contribution < -0.4 is 11.3 Å². The van der Waals surface area contributed by atoms with Gasteiger partial charge in [-0.15, -0.1) is 0 Å². The zero-order valence-corrected chi connectivity index (χ0v) is 10.9. The van der Waals surface area contributed by atoms with Gasteiger partial charge < -0.3 is 4.74 Å². The smallest absolute Gasteiger partial charge is 0.138 e. The molecular formula is C11H23N5O. The van der Waals surface area contributed by atoms with Gasteiger partial charge in [-0.25, -0.2) is 9.67 Å². The molecule has 1 heterocycles. The van der Waals surface area contributed by atoms with Crippen LogP contribution >= 0.6 is 0 Å². The molecule has 0 radical (unpaired) electrons. The van der Waals surface area contributed by atoms with E-state index in [9.17, 15) is 0 Å². The van der Waals surface area contributed by atoms with E-state index in [0.29, 0.717) is 19.1 Å². The molecule has 0 aliphatic heterocycles. The summed E-state index contributed by atoms with van der Waals surface area (Å²) >= 11 is 0. The first-order chi connectivity index (χ1) is 8.17. The zero-order valence-electron chi connectivity index (χ0n) is 10.9. The number of hydrogen-bond donors (Lipinski definition) is 2. The lowest BCUT2D eigenvalue weighted by molar-refractivity contribution is 0.121. The van der Waals surface area contributed by atoms with E-state index in [1.54, 1.807) is 6.33 Å². The summed E-state index contributed by atoms with van der Waals surface area (Å²) in [4.78, 5) is 4.27. The van der Waals surface area contributed by atoms with E-state index in [1.807, 2.05) is 11.6 Å². The summed E-state index contributed by atoms with van der Waals surface area (Å²) in [5, 5.41) is 4.22. The Bertz CT molecular complexity index is 313. The first kappa shape index (κ1) is 14.1. The number of nitrogens with zero attached hydrogens (tertiary/aromatic N) is 3. The predicted octanol–water partition coefficient (Wildman–Crippen LogP) is 0.345. The number of ether oxygens (including phenoxy) is 1. The molecule has 0 saturated heterocycles. The average molecular weight is 241 g/mol. The van der Waals surface area contributed by atoms with Crippen LogP contribution in [-0.2, 0) is 17.7 Å². The number of rotatable bonds is 8. The lowest BCUT2D eigenvalue weighted by Crippen LogP contribution is -2.41. The van der Waals surface area contributed by atoms with Crippen molar-refractivity contribution in [3.63, 3.8) is 0 Å². The van der Waals surface area contributed by atoms with Gasteiger partial charge in [0.15, 0.2) is 0 Å². The van der Waals surface area contributed by atoms with Crippen LogP contribution in [0.3, 0.4) is 0 Å². The molecule has 17 heavy (non-hydrogen) atoms. The molecule has 6 nitrogen and oxygen atoms in total. The van der Waals surface area contributed by atoms with E-state index in [1.165, 1.54) is 0 Å². The standard InChI is InChI=1S/C11H23N5O/c1-4-17-7-10(15-12)5-11-13-8-14-16(11)6-9(2)3/h8-10,15H,4-7,12H2,1-3H3. The van der Waals surface area contributed by atoms with Crippen LogP contribution in [0.5, 0.6) is 0 Å². The van der Waals surface area contributed by atoms with Gasteiger partial charge >= 0.3 is 0 Å². The van der Waals surface area contributed by atoms with Gasteiger partial charge in [0.05, 0.1) is 12.6 Å². The number of nitrogens with one attached hydrogen (secondary N) is 1. The largest absolute Gasteiger partial charge is 0.380 e. The van der Waals surface area contributed by atoms with Crippen molar-refractivity contribution in [2.75, 3.05) is 13.2 Å². The van der Waals surface area contributed by atoms with Crippen molar-refractivity contribution in [3.8, 4) is 0 Å². The van der Waals surface area contributed by atoms with Crippen molar-refractivity contribution >= 4 is 0 Å². The molecule has 1 aromatic rings. The molecule has 1 aromatic heterocycles. The van der Waals surface area contributed by atoms with Crippen molar-refractivity contribution in [2.45, 2.75) is 39.8 Å². The van der Waals surface area contributed by atoms with E-state index >= 15 is 0 Å². The Hall–Kier alpha value is -0.980. The van der Waals surface area contributed by atoms with Crippen molar-refractivity contribution in [1.82, 2.24) is 20.2 Å². The van der Waals surface area contributed by atoms with Crippen LogP contribution in [0.1, 0.15) is 26.6 Å². The SMILES string of the molecule is CCOCC(Cc1ncnn1CC(C)C)NN. The summed E-state index contributed by atoms with van der Waals surface area (Å²) in [6.45, 7) is 8.43. The van der Waals surface area contributed by atoms with Crippen molar-refractivity contribution < 1.29 is 4.74 Å². The van der Waals surface area contributed by atoms with Crippen molar-refractivity contribution in [2.24, 2.45) is 11.8 Å². The fraction of sp³-hybridized carbons (Fsp3) is 0.818.